The molecular weight excluding hydrogens is 280 g/mol. The minimum Gasteiger partial charge on any atom is -0.337 e. The van der Waals surface area contributed by atoms with E-state index >= 15 is 0 Å². The number of hydrogen-bond donors (Lipinski definition) is 0. The summed E-state index contributed by atoms with van der Waals surface area (Å²) in [5, 5.41) is 0. The Bertz CT molecular complexity index is 661. The summed E-state index contributed by atoms with van der Waals surface area (Å²) >= 11 is 0. The van der Waals surface area contributed by atoms with Crippen LogP contribution >= 0.6 is 0 Å². The van der Waals surface area contributed by atoms with Crippen LogP contribution in [0.2, 0.25) is 0 Å². The predicted molar refractivity (Wildman–Crippen MR) is 95.2 cm³/mol. The topological polar surface area (TPSA) is 17.8 Å². The van der Waals surface area contributed by atoms with Crippen LogP contribution in [0, 0.1) is 6.92 Å². The molecule has 0 amide bonds. The standard InChI is InChI=1S/C21H23N2/c1-2-9-20-16-23(17-22-20)15-14-21(18-10-5-3-6-11-18)19-12-7-4-8-13-19/h3-8,10-13,16-17,21H,1-2,9,14-15H2. The fourth-order valence-electron chi connectivity index (χ4n) is 3.01. The summed E-state index contributed by atoms with van der Waals surface area (Å²) in [5.74, 6) is 0.413. The van der Waals surface area contributed by atoms with Crippen molar-refractivity contribution in [3.8, 4) is 0 Å². The third kappa shape index (κ3) is 4.10. The lowest BCUT2D eigenvalue weighted by Crippen LogP contribution is -2.06. The second-order valence-corrected chi connectivity index (χ2v) is 5.87. The van der Waals surface area contributed by atoms with Gasteiger partial charge in [0, 0.05) is 18.7 Å². The monoisotopic (exact) mass is 303 g/mol. The molecule has 0 spiro atoms. The number of nitrogens with zero attached hydrogens (tertiary/aromatic N) is 2. The molecule has 2 heteroatoms. The van der Waals surface area contributed by atoms with Gasteiger partial charge in [0.2, 0.25) is 0 Å². The van der Waals surface area contributed by atoms with E-state index in [4.69, 9.17) is 0 Å². The molecule has 0 saturated heterocycles. The fourth-order valence-corrected chi connectivity index (χ4v) is 3.01. The number of hydrogen-bond acceptors (Lipinski definition) is 1. The highest BCUT2D eigenvalue weighted by atomic mass is 15.0. The van der Waals surface area contributed by atoms with Gasteiger partial charge in [-0.2, -0.15) is 0 Å². The van der Waals surface area contributed by atoms with E-state index < -0.39 is 0 Å². The Labute approximate surface area is 138 Å². The van der Waals surface area contributed by atoms with Crippen LogP contribution in [0.3, 0.4) is 0 Å². The summed E-state index contributed by atoms with van der Waals surface area (Å²) < 4.78 is 2.20. The van der Waals surface area contributed by atoms with Gasteiger partial charge in [0.15, 0.2) is 0 Å². The van der Waals surface area contributed by atoms with Crippen molar-refractivity contribution in [2.75, 3.05) is 0 Å². The van der Waals surface area contributed by atoms with Crippen LogP contribution in [0.4, 0.5) is 0 Å². The highest BCUT2D eigenvalue weighted by Gasteiger charge is 2.13. The van der Waals surface area contributed by atoms with E-state index in [1.807, 2.05) is 6.33 Å². The molecule has 2 nitrogen and oxygen atoms in total. The molecule has 1 radical (unpaired) electrons. The maximum absolute atomic E-state index is 4.45. The van der Waals surface area contributed by atoms with Crippen LogP contribution in [0.5, 0.6) is 0 Å². The van der Waals surface area contributed by atoms with E-state index in [0.717, 1.165) is 31.5 Å². The number of imidazole rings is 1. The Morgan fingerprint density at radius 3 is 2.09 bits per heavy atom. The number of benzene rings is 2. The van der Waals surface area contributed by atoms with Gasteiger partial charge in [-0.3, -0.25) is 0 Å². The van der Waals surface area contributed by atoms with Crippen molar-refractivity contribution in [1.29, 1.82) is 0 Å². The molecule has 0 atom stereocenters. The van der Waals surface area contributed by atoms with Crippen molar-refractivity contribution in [3.05, 3.63) is 96.9 Å². The molecule has 0 aliphatic rings. The van der Waals surface area contributed by atoms with Gasteiger partial charge in [0.1, 0.15) is 0 Å². The van der Waals surface area contributed by atoms with Gasteiger partial charge >= 0.3 is 0 Å². The third-order valence-electron chi connectivity index (χ3n) is 4.20. The van der Waals surface area contributed by atoms with Crippen molar-refractivity contribution in [2.24, 2.45) is 0 Å². The van der Waals surface area contributed by atoms with E-state index in [-0.39, 0.29) is 0 Å². The lowest BCUT2D eigenvalue weighted by Gasteiger charge is -2.18. The van der Waals surface area contributed by atoms with Crippen molar-refractivity contribution >= 4 is 0 Å². The smallest absolute Gasteiger partial charge is 0.0949 e. The van der Waals surface area contributed by atoms with E-state index in [9.17, 15) is 0 Å². The van der Waals surface area contributed by atoms with Gasteiger partial charge in [-0.15, -0.1) is 0 Å². The molecule has 0 saturated carbocycles. The van der Waals surface area contributed by atoms with Gasteiger partial charge in [0.05, 0.1) is 12.0 Å². The maximum Gasteiger partial charge on any atom is 0.0949 e. The summed E-state index contributed by atoms with van der Waals surface area (Å²) in [6.45, 7) is 4.87. The Hall–Kier alpha value is -2.35. The quantitative estimate of drug-likeness (QED) is 0.609. The highest BCUT2D eigenvalue weighted by molar-refractivity contribution is 5.32. The minimum atomic E-state index is 0.413. The Morgan fingerprint density at radius 2 is 1.52 bits per heavy atom. The Kier molecular flexibility index (Phi) is 5.25. The zero-order chi connectivity index (χ0) is 15.9. The number of rotatable bonds is 7. The molecular formula is C21H23N2. The summed E-state index contributed by atoms with van der Waals surface area (Å²) in [4.78, 5) is 4.45. The first-order valence-electron chi connectivity index (χ1n) is 8.26. The lowest BCUT2D eigenvalue weighted by molar-refractivity contribution is 0.595. The predicted octanol–water partition coefficient (Wildman–Crippen LogP) is 4.87. The first-order valence-corrected chi connectivity index (χ1v) is 8.26. The van der Waals surface area contributed by atoms with Crippen LogP contribution in [-0.4, -0.2) is 9.55 Å². The molecule has 3 aromatic rings. The summed E-state index contributed by atoms with van der Waals surface area (Å²) in [7, 11) is 0. The van der Waals surface area contributed by atoms with Crippen molar-refractivity contribution < 1.29 is 0 Å². The molecule has 0 bridgehead atoms. The average molecular weight is 303 g/mol. The van der Waals surface area contributed by atoms with Gasteiger partial charge < -0.3 is 4.57 Å². The molecule has 0 fully saturated rings. The average Bonchev–Trinajstić information content (AvgIpc) is 3.05. The van der Waals surface area contributed by atoms with E-state index in [0.29, 0.717) is 5.92 Å². The largest absolute Gasteiger partial charge is 0.337 e. The Morgan fingerprint density at radius 1 is 0.913 bits per heavy atom. The number of aryl methyl sites for hydroxylation is 2. The van der Waals surface area contributed by atoms with E-state index in [2.05, 4.69) is 83.3 Å². The zero-order valence-electron chi connectivity index (χ0n) is 13.4. The molecule has 1 aromatic heterocycles. The van der Waals surface area contributed by atoms with Gasteiger partial charge in [-0.25, -0.2) is 4.98 Å². The van der Waals surface area contributed by atoms with Gasteiger partial charge in [0.25, 0.3) is 0 Å². The number of aromatic nitrogens is 2. The fraction of sp³-hybridized carbons (Fsp3) is 0.238. The molecule has 23 heavy (non-hydrogen) atoms. The second-order valence-electron chi connectivity index (χ2n) is 5.87. The molecule has 0 N–H and O–H groups in total. The molecule has 0 aliphatic heterocycles. The molecule has 117 valence electrons. The van der Waals surface area contributed by atoms with Crippen LogP contribution < -0.4 is 0 Å². The Balaban J connectivity index is 1.76. The zero-order valence-corrected chi connectivity index (χ0v) is 13.4. The van der Waals surface area contributed by atoms with E-state index in [1.165, 1.54) is 11.1 Å². The molecule has 0 unspecified atom stereocenters. The summed E-state index contributed by atoms with van der Waals surface area (Å²) in [6.07, 6.45) is 7.01. The van der Waals surface area contributed by atoms with Crippen LogP contribution in [-0.2, 0) is 13.0 Å². The first kappa shape index (κ1) is 15.5. The normalized spacial score (nSPS) is 11.0. The molecule has 3 rings (SSSR count). The summed E-state index contributed by atoms with van der Waals surface area (Å²) in [5.41, 5.74) is 3.88. The van der Waals surface area contributed by atoms with Crippen LogP contribution in [0.1, 0.15) is 35.6 Å². The lowest BCUT2D eigenvalue weighted by atomic mass is 9.88. The van der Waals surface area contributed by atoms with E-state index in [1.54, 1.807) is 0 Å². The third-order valence-corrected chi connectivity index (χ3v) is 4.20. The van der Waals surface area contributed by atoms with Crippen molar-refractivity contribution in [3.63, 3.8) is 0 Å². The molecule has 1 heterocycles. The maximum atomic E-state index is 4.45. The second kappa shape index (κ2) is 7.77. The highest BCUT2D eigenvalue weighted by Crippen LogP contribution is 2.28. The summed E-state index contributed by atoms with van der Waals surface area (Å²) in [6, 6.07) is 21.5. The molecule has 2 aromatic carbocycles. The van der Waals surface area contributed by atoms with Gasteiger partial charge in [-0.1, -0.05) is 67.6 Å². The van der Waals surface area contributed by atoms with Crippen molar-refractivity contribution in [2.45, 2.75) is 31.7 Å². The SMILES string of the molecule is [CH2]CCc1cn(CCC(c2ccccc2)c2ccccc2)cn1. The van der Waals surface area contributed by atoms with Gasteiger partial charge in [-0.05, 0) is 30.4 Å². The minimum absolute atomic E-state index is 0.413. The first-order chi connectivity index (χ1) is 11.4. The van der Waals surface area contributed by atoms with Crippen LogP contribution in [0.25, 0.3) is 0 Å². The van der Waals surface area contributed by atoms with Crippen molar-refractivity contribution in [1.82, 2.24) is 9.55 Å². The molecule has 0 aliphatic carbocycles. The van der Waals surface area contributed by atoms with Crippen LogP contribution in [0.15, 0.2) is 73.2 Å².